The second-order valence-electron chi connectivity index (χ2n) is 8.85. The molecule has 3 rings (SSSR count). The number of carbonyl (C=O) groups is 4. The van der Waals surface area contributed by atoms with Crippen molar-refractivity contribution >= 4 is 23.7 Å². The molecule has 0 bridgehead atoms. The molecule has 198 valence electrons. The van der Waals surface area contributed by atoms with Gasteiger partial charge in [0, 0.05) is 19.3 Å². The molecule has 0 radical (unpaired) electrons. The van der Waals surface area contributed by atoms with E-state index in [1.165, 1.54) is 0 Å². The second-order valence-corrected chi connectivity index (χ2v) is 8.85. The van der Waals surface area contributed by atoms with Crippen molar-refractivity contribution in [3.05, 3.63) is 108 Å². The van der Waals surface area contributed by atoms with Crippen LogP contribution in [-0.2, 0) is 38.4 Å². The Labute approximate surface area is 221 Å². The number of hydrogen-bond donors (Lipinski definition) is 5. The molecule has 0 aliphatic carbocycles. The van der Waals surface area contributed by atoms with E-state index in [9.17, 15) is 24.3 Å². The highest BCUT2D eigenvalue weighted by molar-refractivity contribution is 5.94. The molecule has 6 N–H and O–H groups in total. The highest BCUT2D eigenvalue weighted by Crippen LogP contribution is 2.09. The highest BCUT2D eigenvalue weighted by atomic mass is 16.4. The number of carboxylic acid groups (broad SMARTS) is 1. The summed E-state index contributed by atoms with van der Waals surface area (Å²) in [5, 5.41) is 17.7. The van der Waals surface area contributed by atoms with E-state index in [0.717, 1.165) is 16.7 Å². The molecule has 3 amide bonds. The Morgan fingerprint density at radius 2 is 0.921 bits per heavy atom. The Kier molecular flexibility index (Phi) is 10.6. The van der Waals surface area contributed by atoms with E-state index in [0.29, 0.717) is 0 Å². The molecule has 0 fully saturated rings. The fourth-order valence-corrected chi connectivity index (χ4v) is 3.97. The van der Waals surface area contributed by atoms with Crippen LogP contribution in [0.4, 0.5) is 0 Å². The summed E-state index contributed by atoms with van der Waals surface area (Å²) < 4.78 is 0. The number of carbonyl (C=O) groups excluding carboxylic acids is 3. The largest absolute Gasteiger partial charge is 0.480 e. The Balaban J connectivity index is 1.81. The number of amides is 3. The molecule has 38 heavy (non-hydrogen) atoms. The zero-order valence-corrected chi connectivity index (χ0v) is 20.9. The first-order valence-corrected chi connectivity index (χ1v) is 12.3. The molecule has 0 heterocycles. The molecule has 9 nitrogen and oxygen atoms in total. The molecule has 3 aromatic carbocycles. The lowest BCUT2D eigenvalue weighted by Gasteiger charge is -2.25. The lowest BCUT2D eigenvalue weighted by atomic mass is 10.0. The SMILES string of the molecule is NCC(=O)N[C@@H](Cc1ccccc1)C(=O)N[C@@H](Cc1ccccc1)C(=O)N[C@@H](Cc1ccccc1)C(=O)O. The number of carboxylic acids is 1. The quantitative estimate of drug-likeness (QED) is 0.230. The Morgan fingerprint density at radius 3 is 1.29 bits per heavy atom. The van der Waals surface area contributed by atoms with Crippen LogP contribution in [0, 0.1) is 0 Å². The van der Waals surface area contributed by atoms with Crippen LogP contribution in [0.3, 0.4) is 0 Å². The Morgan fingerprint density at radius 1 is 0.579 bits per heavy atom. The molecule has 0 aliphatic rings. The highest BCUT2D eigenvalue weighted by Gasteiger charge is 2.30. The second kappa shape index (κ2) is 14.3. The number of hydrogen-bond acceptors (Lipinski definition) is 5. The van der Waals surface area contributed by atoms with Crippen LogP contribution in [0.2, 0.25) is 0 Å². The summed E-state index contributed by atoms with van der Waals surface area (Å²) >= 11 is 0. The molecule has 0 saturated heterocycles. The molecule has 0 unspecified atom stereocenters. The van der Waals surface area contributed by atoms with Gasteiger partial charge in [0.05, 0.1) is 6.54 Å². The molecule has 0 spiro atoms. The molecule has 3 aromatic rings. The predicted molar refractivity (Wildman–Crippen MR) is 143 cm³/mol. The van der Waals surface area contributed by atoms with Crippen molar-refractivity contribution in [2.45, 2.75) is 37.4 Å². The summed E-state index contributed by atoms with van der Waals surface area (Å²) in [7, 11) is 0. The van der Waals surface area contributed by atoms with Gasteiger partial charge in [-0.25, -0.2) is 4.79 Å². The average molecular weight is 517 g/mol. The van der Waals surface area contributed by atoms with Crippen LogP contribution in [0.25, 0.3) is 0 Å². The van der Waals surface area contributed by atoms with Gasteiger partial charge in [-0.2, -0.15) is 0 Å². The maximum atomic E-state index is 13.4. The first-order chi connectivity index (χ1) is 18.4. The van der Waals surface area contributed by atoms with Crippen molar-refractivity contribution < 1.29 is 24.3 Å². The van der Waals surface area contributed by atoms with Gasteiger partial charge in [-0.3, -0.25) is 14.4 Å². The van der Waals surface area contributed by atoms with Crippen molar-refractivity contribution in [1.29, 1.82) is 0 Å². The minimum absolute atomic E-state index is 0.0805. The van der Waals surface area contributed by atoms with Crippen molar-refractivity contribution in [2.75, 3.05) is 6.54 Å². The van der Waals surface area contributed by atoms with E-state index in [-0.39, 0.29) is 25.8 Å². The summed E-state index contributed by atoms with van der Waals surface area (Å²) in [5.74, 6) is -2.93. The number of nitrogens with one attached hydrogen (secondary N) is 3. The summed E-state index contributed by atoms with van der Waals surface area (Å²) in [5.41, 5.74) is 7.77. The summed E-state index contributed by atoms with van der Waals surface area (Å²) in [6.45, 7) is -0.299. The smallest absolute Gasteiger partial charge is 0.326 e. The molecular formula is C29H32N4O5. The third kappa shape index (κ3) is 8.86. The van der Waals surface area contributed by atoms with Gasteiger partial charge in [-0.15, -0.1) is 0 Å². The fourth-order valence-electron chi connectivity index (χ4n) is 3.97. The zero-order valence-electron chi connectivity index (χ0n) is 20.9. The third-order valence-corrected chi connectivity index (χ3v) is 5.93. The molecule has 0 aromatic heterocycles. The van der Waals surface area contributed by atoms with Crippen molar-refractivity contribution in [3.63, 3.8) is 0 Å². The van der Waals surface area contributed by atoms with Crippen molar-refractivity contribution in [3.8, 4) is 0 Å². The van der Waals surface area contributed by atoms with Crippen LogP contribution < -0.4 is 21.7 Å². The summed E-state index contributed by atoms with van der Waals surface area (Å²) in [4.78, 5) is 50.7. The van der Waals surface area contributed by atoms with Crippen molar-refractivity contribution in [1.82, 2.24) is 16.0 Å². The summed E-state index contributed by atoms with van der Waals surface area (Å²) in [6, 6.07) is 23.9. The van der Waals surface area contributed by atoms with Gasteiger partial charge in [-0.1, -0.05) is 91.0 Å². The van der Waals surface area contributed by atoms with E-state index in [2.05, 4.69) is 16.0 Å². The molecule has 0 aliphatic heterocycles. The van der Waals surface area contributed by atoms with E-state index in [1.54, 1.807) is 36.4 Å². The Hall–Kier alpha value is -4.50. The van der Waals surface area contributed by atoms with Gasteiger partial charge in [0.25, 0.3) is 0 Å². The number of benzene rings is 3. The number of nitrogens with two attached hydrogens (primary N) is 1. The number of aliphatic carboxylic acids is 1. The van der Waals surface area contributed by atoms with E-state index in [4.69, 9.17) is 5.73 Å². The minimum atomic E-state index is -1.20. The van der Waals surface area contributed by atoms with Crippen molar-refractivity contribution in [2.24, 2.45) is 5.73 Å². The van der Waals surface area contributed by atoms with Crippen LogP contribution in [0.5, 0.6) is 0 Å². The molecule has 0 saturated carbocycles. The third-order valence-electron chi connectivity index (χ3n) is 5.93. The molecule has 3 atom stereocenters. The maximum Gasteiger partial charge on any atom is 0.326 e. The first-order valence-electron chi connectivity index (χ1n) is 12.3. The van der Waals surface area contributed by atoms with Gasteiger partial charge in [0.2, 0.25) is 17.7 Å². The van der Waals surface area contributed by atoms with Crippen LogP contribution in [0.15, 0.2) is 91.0 Å². The average Bonchev–Trinajstić information content (AvgIpc) is 2.93. The van der Waals surface area contributed by atoms with Gasteiger partial charge >= 0.3 is 5.97 Å². The van der Waals surface area contributed by atoms with Gasteiger partial charge in [0.15, 0.2) is 0 Å². The van der Waals surface area contributed by atoms with Crippen LogP contribution in [0.1, 0.15) is 16.7 Å². The van der Waals surface area contributed by atoms with E-state index in [1.807, 2.05) is 54.6 Å². The lowest BCUT2D eigenvalue weighted by molar-refractivity contribution is -0.142. The monoisotopic (exact) mass is 516 g/mol. The Bertz CT molecular complexity index is 1210. The topological polar surface area (TPSA) is 151 Å². The standard InChI is InChI=1S/C29H32N4O5/c30-19-26(34)31-23(16-20-10-4-1-5-11-20)27(35)32-24(17-21-12-6-2-7-13-21)28(36)33-25(29(37)38)18-22-14-8-3-9-15-22/h1-15,23-25H,16-19,30H2,(H,31,34)(H,32,35)(H,33,36)(H,37,38)/t23-,24-,25-/m0/s1. The maximum absolute atomic E-state index is 13.4. The fraction of sp³-hybridized carbons (Fsp3) is 0.241. The molecular weight excluding hydrogens is 484 g/mol. The van der Waals surface area contributed by atoms with Crippen LogP contribution in [-0.4, -0.2) is 53.5 Å². The predicted octanol–water partition coefficient (Wildman–Crippen LogP) is 1.21. The van der Waals surface area contributed by atoms with Gasteiger partial charge in [-0.05, 0) is 16.7 Å². The molecule has 9 heteroatoms. The minimum Gasteiger partial charge on any atom is -0.480 e. The van der Waals surface area contributed by atoms with E-state index < -0.39 is 41.8 Å². The lowest BCUT2D eigenvalue weighted by Crippen LogP contribution is -2.57. The van der Waals surface area contributed by atoms with Gasteiger partial charge in [0.1, 0.15) is 18.1 Å². The van der Waals surface area contributed by atoms with Gasteiger partial charge < -0.3 is 26.8 Å². The normalized spacial score (nSPS) is 13.0. The number of rotatable bonds is 13. The zero-order chi connectivity index (χ0) is 27.3. The van der Waals surface area contributed by atoms with E-state index >= 15 is 0 Å². The van der Waals surface area contributed by atoms with Crippen LogP contribution >= 0.6 is 0 Å². The summed E-state index contributed by atoms with van der Waals surface area (Å²) in [6.07, 6.45) is 0.389. The first kappa shape index (κ1) is 28.1.